The lowest BCUT2D eigenvalue weighted by Crippen LogP contribution is -1.87. The van der Waals surface area contributed by atoms with Crippen LogP contribution in [0.3, 0.4) is 0 Å². The van der Waals surface area contributed by atoms with E-state index in [1.165, 1.54) is 6.07 Å². The van der Waals surface area contributed by atoms with Crippen molar-refractivity contribution in [2.45, 2.75) is 20.3 Å². The van der Waals surface area contributed by atoms with Crippen molar-refractivity contribution >= 4 is 6.34 Å². The monoisotopic (exact) mass is 182 g/mol. The van der Waals surface area contributed by atoms with Gasteiger partial charge in [-0.15, -0.1) is 0 Å². The van der Waals surface area contributed by atoms with Crippen molar-refractivity contribution in [1.29, 1.82) is 5.41 Å². The minimum absolute atomic E-state index is 0.0897. The zero-order valence-corrected chi connectivity index (χ0v) is 7.97. The smallest absolute Gasteiger partial charge is 0.126 e. The quantitative estimate of drug-likeness (QED) is 0.508. The highest BCUT2D eigenvalue weighted by molar-refractivity contribution is 5.46. The van der Waals surface area contributed by atoms with Crippen LogP contribution in [0.25, 0.3) is 0 Å². The molecule has 0 amide bonds. The summed E-state index contributed by atoms with van der Waals surface area (Å²) in [5.41, 5.74) is 6.32. The molecule has 0 bridgehead atoms. The maximum Gasteiger partial charge on any atom is 0.126 e. The molecule has 0 radical (unpaired) electrons. The van der Waals surface area contributed by atoms with Crippen LogP contribution in [-0.2, 0) is 6.42 Å². The van der Waals surface area contributed by atoms with E-state index in [0.717, 1.165) is 23.9 Å². The third kappa shape index (κ3) is 4.25. The lowest BCUT2D eigenvalue weighted by molar-refractivity contribution is 0.611. The van der Waals surface area contributed by atoms with Gasteiger partial charge in [-0.3, -0.25) is 5.41 Å². The van der Waals surface area contributed by atoms with Gasteiger partial charge in [0, 0.05) is 0 Å². The highest BCUT2D eigenvalue weighted by Crippen LogP contribution is 2.09. The van der Waals surface area contributed by atoms with Crippen LogP contribution in [0.1, 0.15) is 18.1 Å². The molecule has 0 atom stereocenters. The maximum absolute atomic E-state index is 12.8. The van der Waals surface area contributed by atoms with Gasteiger partial charge in [0.05, 0.1) is 6.34 Å². The van der Waals surface area contributed by atoms with E-state index in [1.807, 2.05) is 19.9 Å². The van der Waals surface area contributed by atoms with Gasteiger partial charge < -0.3 is 5.73 Å². The fourth-order valence-electron chi connectivity index (χ4n) is 0.974. The van der Waals surface area contributed by atoms with Crippen LogP contribution in [0, 0.1) is 18.2 Å². The van der Waals surface area contributed by atoms with Crippen molar-refractivity contribution in [3.63, 3.8) is 0 Å². The summed E-state index contributed by atoms with van der Waals surface area (Å²) in [6, 6.07) is 5.19. The normalized spacial score (nSPS) is 8.54. The second kappa shape index (κ2) is 6.17. The Labute approximate surface area is 78.1 Å². The highest BCUT2D eigenvalue weighted by Gasteiger charge is 1.97. The van der Waals surface area contributed by atoms with Gasteiger partial charge in [-0.2, -0.15) is 0 Å². The first-order valence-corrected chi connectivity index (χ1v) is 4.11. The Morgan fingerprint density at radius 1 is 1.54 bits per heavy atom. The molecular weight excluding hydrogens is 167 g/mol. The summed E-state index contributed by atoms with van der Waals surface area (Å²) in [6.45, 7) is 3.93. The summed E-state index contributed by atoms with van der Waals surface area (Å²) < 4.78 is 12.8. The van der Waals surface area contributed by atoms with Gasteiger partial charge in [0.15, 0.2) is 0 Å². The van der Waals surface area contributed by atoms with Gasteiger partial charge in [0.1, 0.15) is 5.82 Å². The predicted molar refractivity (Wildman–Crippen MR) is 53.5 cm³/mol. The number of nitrogens with two attached hydrogens (primary N) is 1. The van der Waals surface area contributed by atoms with Crippen molar-refractivity contribution in [1.82, 2.24) is 0 Å². The van der Waals surface area contributed by atoms with Crippen LogP contribution in [0.15, 0.2) is 18.2 Å². The van der Waals surface area contributed by atoms with E-state index in [-0.39, 0.29) is 5.82 Å². The molecule has 0 saturated heterocycles. The summed E-state index contributed by atoms with van der Waals surface area (Å²) in [6.07, 6.45) is 1.52. The van der Waals surface area contributed by atoms with Crippen LogP contribution >= 0.6 is 0 Å². The number of nitrogens with one attached hydrogen (secondary N) is 1. The van der Waals surface area contributed by atoms with Gasteiger partial charge in [-0.25, -0.2) is 4.39 Å². The number of hydrogen-bond acceptors (Lipinski definition) is 1. The van der Waals surface area contributed by atoms with Gasteiger partial charge in [-0.1, -0.05) is 24.6 Å². The summed E-state index contributed by atoms with van der Waals surface area (Å²) in [7, 11) is 0. The second-order valence-electron chi connectivity index (χ2n) is 2.62. The minimum Gasteiger partial charge on any atom is -0.390 e. The van der Waals surface area contributed by atoms with E-state index in [4.69, 9.17) is 5.41 Å². The molecule has 0 fully saturated rings. The lowest BCUT2D eigenvalue weighted by atomic mass is 10.1. The first-order valence-electron chi connectivity index (χ1n) is 4.11. The lowest BCUT2D eigenvalue weighted by Gasteiger charge is -1.99. The fourth-order valence-corrected chi connectivity index (χ4v) is 0.974. The number of benzene rings is 1. The van der Waals surface area contributed by atoms with E-state index < -0.39 is 0 Å². The Hall–Kier alpha value is -1.38. The average molecular weight is 182 g/mol. The molecule has 0 unspecified atom stereocenters. The minimum atomic E-state index is -0.0897. The summed E-state index contributed by atoms with van der Waals surface area (Å²) in [5.74, 6) is -0.0897. The van der Waals surface area contributed by atoms with Gasteiger partial charge in [-0.05, 0) is 25.0 Å². The highest BCUT2D eigenvalue weighted by atomic mass is 19.1. The summed E-state index contributed by atoms with van der Waals surface area (Å²) in [5, 5.41) is 5.86. The summed E-state index contributed by atoms with van der Waals surface area (Å²) in [4.78, 5) is 0. The Morgan fingerprint density at radius 3 is 2.46 bits per heavy atom. The molecule has 0 aromatic heterocycles. The molecule has 0 aliphatic rings. The van der Waals surface area contributed by atoms with E-state index in [0.29, 0.717) is 0 Å². The number of halogens is 1. The van der Waals surface area contributed by atoms with Crippen LogP contribution in [-0.4, -0.2) is 6.34 Å². The number of aryl methyl sites for hydroxylation is 2. The molecule has 0 aliphatic carbocycles. The van der Waals surface area contributed by atoms with Crippen LogP contribution in [0.4, 0.5) is 4.39 Å². The zero-order chi connectivity index (χ0) is 10.3. The van der Waals surface area contributed by atoms with Crippen molar-refractivity contribution in [3.8, 4) is 0 Å². The Balaban J connectivity index is 0.000000424. The second-order valence-corrected chi connectivity index (χ2v) is 2.62. The molecule has 0 aliphatic heterocycles. The molecule has 0 heterocycles. The SMILES string of the molecule is CCc1cc(C)ccc1F.N=CN. The number of rotatable bonds is 1. The average Bonchev–Trinajstić information content (AvgIpc) is 2.10. The topological polar surface area (TPSA) is 49.9 Å². The molecule has 72 valence electrons. The van der Waals surface area contributed by atoms with E-state index >= 15 is 0 Å². The first kappa shape index (κ1) is 11.6. The van der Waals surface area contributed by atoms with Gasteiger partial charge >= 0.3 is 0 Å². The van der Waals surface area contributed by atoms with E-state index in [2.05, 4.69) is 5.73 Å². The van der Waals surface area contributed by atoms with Crippen molar-refractivity contribution in [3.05, 3.63) is 35.1 Å². The Kier molecular flexibility index (Phi) is 5.52. The molecule has 1 aromatic carbocycles. The maximum atomic E-state index is 12.8. The van der Waals surface area contributed by atoms with Gasteiger partial charge in [0.25, 0.3) is 0 Å². The first-order chi connectivity index (χ1) is 6.15. The molecule has 1 aromatic rings. The molecule has 2 nitrogen and oxygen atoms in total. The van der Waals surface area contributed by atoms with Crippen molar-refractivity contribution in [2.24, 2.45) is 5.73 Å². The van der Waals surface area contributed by atoms with Crippen molar-refractivity contribution < 1.29 is 4.39 Å². The van der Waals surface area contributed by atoms with Crippen LogP contribution in [0.5, 0.6) is 0 Å². The van der Waals surface area contributed by atoms with Crippen molar-refractivity contribution in [2.75, 3.05) is 0 Å². The Morgan fingerprint density at radius 2 is 2.08 bits per heavy atom. The van der Waals surface area contributed by atoms with Crippen LogP contribution < -0.4 is 5.73 Å². The standard InChI is InChI=1S/C9H11F.CH4N2/c1-3-8-6-7(2)4-5-9(8)10;2-1-3/h4-6H,3H2,1-2H3;1H,(H3,2,3). The molecule has 3 N–H and O–H groups in total. The number of hydrogen-bond donors (Lipinski definition) is 2. The Bertz CT molecular complexity index is 272. The third-order valence-corrected chi connectivity index (χ3v) is 1.58. The third-order valence-electron chi connectivity index (χ3n) is 1.58. The van der Waals surface area contributed by atoms with E-state index in [1.54, 1.807) is 6.07 Å². The van der Waals surface area contributed by atoms with E-state index in [9.17, 15) is 4.39 Å². The predicted octanol–water partition coefficient (Wildman–Crippen LogP) is 2.25. The largest absolute Gasteiger partial charge is 0.390 e. The zero-order valence-electron chi connectivity index (χ0n) is 7.97. The van der Waals surface area contributed by atoms with Crippen LogP contribution in [0.2, 0.25) is 0 Å². The molecular formula is C10H15FN2. The molecule has 1 rings (SSSR count). The molecule has 3 heteroatoms. The molecule has 13 heavy (non-hydrogen) atoms. The fraction of sp³-hybridized carbons (Fsp3) is 0.300. The van der Waals surface area contributed by atoms with Gasteiger partial charge in [0.2, 0.25) is 0 Å². The molecule has 0 spiro atoms. The molecule has 0 saturated carbocycles. The summed E-state index contributed by atoms with van der Waals surface area (Å²) >= 11 is 0.